The van der Waals surface area contributed by atoms with E-state index in [1.165, 1.54) is 0 Å². The van der Waals surface area contributed by atoms with E-state index in [4.69, 9.17) is 9.72 Å². The monoisotopic (exact) mass is 275 g/mol. The summed E-state index contributed by atoms with van der Waals surface area (Å²) in [7, 11) is 1.69. The van der Waals surface area contributed by atoms with Crippen molar-refractivity contribution in [2.24, 2.45) is 0 Å². The first-order chi connectivity index (χ1) is 9.36. The topological polar surface area (TPSA) is 37.4 Å². The smallest absolute Gasteiger partial charge is 0.185 e. The summed E-state index contributed by atoms with van der Waals surface area (Å²) in [4.78, 5) is 7.08. The third kappa shape index (κ3) is 2.72. The highest BCUT2D eigenvalue weighted by Crippen LogP contribution is 2.29. The molecule has 0 saturated carbocycles. The van der Waals surface area contributed by atoms with Crippen molar-refractivity contribution in [1.29, 1.82) is 0 Å². The molecule has 100 valence electrons. The summed E-state index contributed by atoms with van der Waals surface area (Å²) in [5, 5.41) is 6.58. The number of hydrogen-bond donors (Lipinski definition) is 1. The Kier molecular flexibility index (Phi) is 3.66. The minimum Gasteiger partial charge on any atom is -0.497 e. The number of benzene rings is 1. The Hall–Kier alpha value is -1.59. The van der Waals surface area contributed by atoms with Crippen molar-refractivity contribution in [1.82, 2.24) is 10.3 Å². The predicted octanol–water partition coefficient (Wildman–Crippen LogP) is 2.23. The lowest BCUT2D eigenvalue weighted by atomic mass is 10.2. The highest BCUT2D eigenvalue weighted by Gasteiger charge is 2.14. The summed E-state index contributed by atoms with van der Waals surface area (Å²) in [5.41, 5.74) is 2.13. The maximum absolute atomic E-state index is 5.26. The van der Waals surface area contributed by atoms with E-state index in [0.29, 0.717) is 0 Å². The molecule has 1 aromatic heterocycles. The van der Waals surface area contributed by atoms with Crippen molar-refractivity contribution >= 4 is 16.5 Å². The average Bonchev–Trinajstić information content (AvgIpc) is 2.98. The summed E-state index contributed by atoms with van der Waals surface area (Å²) in [6, 6.07) is 8.04. The molecule has 1 aliphatic heterocycles. The lowest BCUT2D eigenvalue weighted by Gasteiger charge is -2.26. The van der Waals surface area contributed by atoms with Gasteiger partial charge in [0.15, 0.2) is 5.13 Å². The largest absolute Gasteiger partial charge is 0.497 e. The summed E-state index contributed by atoms with van der Waals surface area (Å²) in [6.45, 7) is 4.14. The molecule has 1 aromatic carbocycles. The maximum Gasteiger partial charge on any atom is 0.185 e. The molecule has 5 heteroatoms. The van der Waals surface area contributed by atoms with Gasteiger partial charge in [-0.2, -0.15) is 0 Å². The van der Waals surface area contributed by atoms with Crippen molar-refractivity contribution in [3.63, 3.8) is 0 Å². The number of aromatic nitrogens is 1. The zero-order chi connectivity index (χ0) is 13.1. The first-order valence-electron chi connectivity index (χ1n) is 6.42. The summed E-state index contributed by atoms with van der Waals surface area (Å²) in [5.74, 6) is 0.870. The Morgan fingerprint density at radius 2 is 2.16 bits per heavy atom. The van der Waals surface area contributed by atoms with E-state index in [-0.39, 0.29) is 0 Å². The number of thiazole rings is 1. The second-order valence-electron chi connectivity index (χ2n) is 4.48. The summed E-state index contributed by atoms with van der Waals surface area (Å²) < 4.78 is 5.26. The van der Waals surface area contributed by atoms with Crippen molar-refractivity contribution < 1.29 is 4.74 Å². The van der Waals surface area contributed by atoms with Crippen LogP contribution in [0.2, 0.25) is 0 Å². The molecule has 0 amide bonds. The van der Waals surface area contributed by atoms with E-state index < -0.39 is 0 Å². The van der Waals surface area contributed by atoms with Crippen LogP contribution < -0.4 is 15.0 Å². The van der Waals surface area contributed by atoms with Crippen LogP contribution in [0.3, 0.4) is 0 Å². The molecule has 0 radical (unpaired) electrons. The van der Waals surface area contributed by atoms with Crippen LogP contribution in [0.1, 0.15) is 0 Å². The summed E-state index contributed by atoms with van der Waals surface area (Å²) >= 11 is 1.71. The van der Waals surface area contributed by atoms with Gasteiger partial charge >= 0.3 is 0 Å². The third-order valence-corrected chi connectivity index (χ3v) is 4.15. The normalized spacial score (nSPS) is 15.5. The molecule has 0 atom stereocenters. The van der Waals surface area contributed by atoms with Crippen molar-refractivity contribution in [2.75, 3.05) is 38.2 Å². The molecular weight excluding hydrogens is 258 g/mol. The Morgan fingerprint density at radius 3 is 2.95 bits per heavy atom. The molecule has 0 unspecified atom stereocenters. The molecule has 1 saturated heterocycles. The zero-order valence-corrected chi connectivity index (χ0v) is 11.7. The zero-order valence-electron chi connectivity index (χ0n) is 10.9. The lowest BCUT2D eigenvalue weighted by molar-refractivity contribution is 0.415. The fraction of sp³-hybridized carbons (Fsp3) is 0.357. The van der Waals surface area contributed by atoms with Gasteiger partial charge in [-0.25, -0.2) is 4.98 Å². The third-order valence-electron chi connectivity index (χ3n) is 3.25. The molecule has 1 N–H and O–H groups in total. The van der Waals surface area contributed by atoms with Crippen LogP contribution in [0.15, 0.2) is 29.6 Å². The number of hydrogen-bond acceptors (Lipinski definition) is 5. The molecule has 3 rings (SSSR count). The van der Waals surface area contributed by atoms with Gasteiger partial charge in [-0.05, 0) is 12.1 Å². The van der Waals surface area contributed by atoms with Gasteiger partial charge in [-0.1, -0.05) is 12.1 Å². The summed E-state index contributed by atoms with van der Waals surface area (Å²) in [6.07, 6.45) is 0. The molecule has 1 aliphatic rings. The fourth-order valence-electron chi connectivity index (χ4n) is 2.18. The molecule has 0 aliphatic carbocycles. The van der Waals surface area contributed by atoms with E-state index >= 15 is 0 Å². The number of nitrogens with one attached hydrogen (secondary N) is 1. The van der Waals surface area contributed by atoms with Gasteiger partial charge in [0.05, 0.1) is 12.8 Å². The second-order valence-corrected chi connectivity index (χ2v) is 5.32. The SMILES string of the molecule is COc1cccc(-c2csc(N3CCNCC3)n2)c1. The molecule has 0 bridgehead atoms. The predicted molar refractivity (Wildman–Crippen MR) is 79.2 cm³/mol. The van der Waals surface area contributed by atoms with E-state index in [2.05, 4.69) is 21.7 Å². The molecule has 19 heavy (non-hydrogen) atoms. The van der Waals surface area contributed by atoms with Crippen molar-refractivity contribution in [2.45, 2.75) is 0 Å². The van der Waals surface area contributed by atoms with Crippen LogP contribution in [0.4, 0.5) is 5.13 Å². The Balaban J connectivity index is 1.83. The van der Waals surface area contributed by atoms with Crippen LogP contribution in [0, 0.1) is 0 Å². The number of rotatable bonds is 3. The number of methoxy groups -OCH3 is 1. The number of piperazine rings is 1. The standard InChI is InChI=1S/C14H17N3OS/c1-18-12-4-2-3-11(9-12)13-10-19-14(16-13)17-7-5-15-6-8-17/h2-4,9-10,15H,5-8H2,1H3. The average molecular weight is 275 g/mol. The molecule has 2 aromatic rings. The Bertz CT molecular complexity index is 549. The molecular formula is C14H17N3OS. The highest BCUT2D eigenvalue weighted by molar-refractivity contribution is 7.14. The van der Waals surface area contributed by atoms with Crippen LogP contribution in [0.25, 0.3) is 11.3 Å². The van der Waals surface area contributed by atoms with E-state index in [1.54, 1.807) is 18.4 Å². The van der Waals surface area contributed by atoms with Gasteiger partial charge in [0.1, 0.15) is 5.75 Å². The second kappa shape index (κ2) is 5.59. The quantitative estimate of drug-likeness (QED) is 0.932. The molecule has 4 nitrogen and oxygen atoms in total. The Labute approximate surface area is 117 Å². The fourth-order valence-corrected chi connectivity index (χ4v) is 3.07. The number of nitrogens with zero attached hydrogens (tertiary/aromatic N) is 2. The van der Waals surface area contributed by atoms with Crippen molar-refractivity contribution in [3.8, 4) is 17.0 Å². The van der Waals surface area contributed by atoms with Crippen LogP contribution in [-0.4, -0.2) is 38.3 Å². The number of ether oxygens (including phenoxy) is 1. The Morgan fingerprint density at radius 1 is 1.32 bits per heavy atom. The first kappa shape index (κ1) is 12.4. The highest BCUT2D eigenvalue weighted by atomic mass is 32.1. The minimum absolute atomic E-state index is 0.870. The molecule has 0 spiro atoms. The van der Waals surface area contributed by atoms with E-state index in [1.807, 2.05) is 18.2 Å². The molecule has 2 heterocycles. The van der Waals surface area contributed by atoms with E-state index in [0.717, 1.165) is 48.3 Å². The van der Waals surface area contributed by atoms with Gasteiger partial charge in [0.2, 0.25) is 0 Å². The minimum atomic E-state index is 0.870. The first-order valence-corrected chi connectivity index (χ1v) is 7.30. The van der Waals surface area contributed by atoms with Gasteiger partial charge in [0.25, 0.3) is 0 Å². The van der Waals surface area contributed by atoms with Crippen LogP contribution in [0.5, 0.6) is 5.75 Å². The number of anilines is 1. The van der Waals surface area contributed by atoms with Gasteiger partial charge in [-0.15, -0.1) is 11.3 Å². The van der Waals surface area contributed by atoms with E-state index in [9.17, 15) is 0 Å². The van der Waals surface area contributed by atoms with Crippen LogP contribution >= 0.6 is 11.3 Å². The van der Waals surface area contributed by atoms with Gasteiger partial charge < -0.3 is 15.0 Å². The molecule has 1 fully saturated rings. The van der Waals surface area contributed by atoms with Gasteiger partial charge in [0, 0.05) is 37.1 Å². The van der Waals surface area contributed by atoms with Gasteiger partial charge in [-0.3, -0.25) is 0 Å². The lowest BCUT2D eigenvalue weighted by Crippen LogP contribution is -2.43. The van der Waals surface area contributed by atoms with Crippen molar-refractivity contribution in [3.05, 3.63) is 29.6 Å². The van der Waals surface area contributed by atoms with Crippen LogP contribution in [-0.2, 0) is 0 Å². The maximum atomic E-state index is 5.26.